The second kappa shape index (κ2) is 3.61. The van der Waals surface area contributed by atoms with Crippen molar-refractivity contribution in [1.82, 2.24) is 9.97 Å². The minimum absolute atomic E-state index is 0.103. The first-order valence-electron chi connectivity index (χ1n) is 5.03. The highest BCUT2D eigenvalue weighted by molar-refractivity contribution is 5.42. The van der Waals surface area contributed by atoms with Crippen LogP contribution in [0.5, 0.6) is 0 Å². The van der Waals surface area contributed by atoms with Crippen LogP contribution in [0.1, 0.15) is 12.5 Å². The van der Waals surface area contributed by atoms with Crippen LogP contribution in [0.4, 0.5) is 19.0 Å². The number of hydrogen-bond acceptors (Lipinski definition) is 3. The Bertz CT molecular complexity index is 408. The van der Waals surface area contributed by atoms with Crippen LogP contribution < -0.4 is 5.32 Å². The molecule has 1 aliphatic rings. The summed E-state index contributed by atoms with van der Waals surface area (Å²) in [6, 6.07) is 0. The van der Waals surface area contributed by atoms with Gasteiger partial charge in [-0.15, -0.1) is 0 Å². The van der Waals surface area contributed by atoms with E-state index in [-0.39, 0.29) is 17.9 Å². The fourth-order valence-corrected chi connectivity index (χ4v) is 1.69. The zero-order valence-electron chi connectivity index (χ0n) is 8.97. The molecule has 0 radical (unpaired) electrons. The first kappa shape index (κ1) is 11.2. The summed E-state index contributed by atoms with van der Waals surface area (Å²) < 4.78 is 38.9. The lowest BCUT2D eigenvalue weighted by molar-refractivity contribution is 0.0883. The van der Waals surface area contributed by atoms with E-state index in [0.717, 1.165) is 6.33 Å². The lowest BCUT2D eigenvalue weighted by atomic mass is 10.3. The third-order valence-electron chi connectivity index (χ3n) is 3.11. The predicted octanol–water partition coefficient (Wildman–Crippen LogP) is 2.24. The van der Waals surface area contributed by atoms with Gasteiger partial charge in [-0.05, 0) is 6.92 Å². The number of aromatic nitrogens is 2. The van der Waals surface area contributed by atoms with E-state index < -0.39 is 23.7 Å². The molecule has 6 heteroatoms. The van der Waals surface area contributed by atoms with E-state index in [0.29, 0.717) is 0 Å². The van der Waals surface area contributed by atoms with E-state index in [1.165, 1.54) is 13.8 Å². The van der Waals surface area contributed by atoms with E-state index in [4.69, 9.17) is 0 Å². The van der Waals surface area contributed by atoms with Crippen molar-refractivity contribution in [3.8, 4) is 0 Å². The standard InChI is InChI=1S/C10H12F3N3/c1-5-8(11)15-4-16-9(5)14-3-7-6(2)10(7,12)13/h4,6-7H,3H2,1-2H3,(H,14,15,16)/t6-,7-/m1/s1. The van der Waals surface area contributed by atoms with Gasteiger partial charge < -0.3 is 5.32 Å². The van der Waals surface area contributed by atoms with Crippen LogP contribution in [0.25, 0.3) is 0 Å². The molecule has 0 spiro atoms. The summed E-state index contributed by atoms with van der Waals surface area (Å²) in [5.41, 5.74) is 0.249. The molecule has 3 nitrogen and oxygen atoms in total. The van der Waals surface area contributed by atoms with Gasteiger partial charge in [0.05, 0.1) is 0 Å². The molecular formula is C10H12F3N3. The van der Waals surface area contributed by atoms with Gasteiger partial charge in [0.2, 0.25) is 5.95 Å². The van der Waals surface area contributed by atoms with Gasteiger partial charge in [0, 0.05) is 23.9 Å². The van der Waals surface area contributed by atoms with Crippen molar-refractivity contribution in [2.75, 3.05) is 11.9 Å². The number of rotatable bonds is 3. The topological polar surface area (TPSA) is 37.8 Å². The number of alkyl halides is 2. The molecule has 1 fully saturated rings. The molecule has 1 aromatic heterocycles. The molecule has 0 aromatic carbocycles. The zero-order valence-corrected chi connectivity index (χ0v) is 8.97. The molecule has 0 bridgehead atoms. The number of halogens is 3. The molecular weight excluding hydrogens is 219 g/mol. The fourth-order valence-electron chi connectivity index (χ4n) is 1.69. The maximum atomic E-state index is 13.0. The summed E-state index contributed by atoms with van der Waals surface area (Å²) in [6.45, 7) is 3.11. The van der Waals surface area contributed by atoms with E-state index in [9.17, 15) is 13.2 Å². The highest BCUT2D eigenvalue weighted by atomic mass is 19.3. The minimum atomic E-state index is -2.60. The molecule has 0 saturated heterocycles. The quantitative estimate of drug-likeness (QED) is 0.811. The number of nitrogens with zero attached hydrogens (tertiary/aromatic N) is 2. The third kappa shape index (κ3) is 1.72. The molecule has 0 aliphatic heterocycles. The van der Waals surface area contributed by atoms with Crippen LogP contribution in [-0.4, -0.2) is 22.4 Å². The highest BCUT2D eigenvalue weighted by Crippen LogP contribution is 2.54. The molecule has 0 amide bonds. The molecule has 16 heavy (non-hydrogen) atoms. The second-order valence-corrected chi connectivity index (χ2v) is 4.09. The fraction of sp³-hybridized carbons (Fsp3) is 0.600. The minimum Gasteiger partial charge on any atom is -0.369 e. The van der Waals surface area contributed by atoms with Crippen LogP contribution in [-0.2, 0) is 0 Å². The molecule has 2 atom stereocenters. The first-order valence-corrected chi connectivity index (χ1v) is 5.03. The van der Waals surface area contributed by atoms with E-state index in [2.05, 4.69) is 15.3 Å². The molecule has 88 valence electrons. The van der Waals surface area contributed by atoms with Crippen LogP contribution in [0.3, 0.4) is 0 Å². The molecule has 1 heterocycles. The smallest absolute Gasteiger partial charge is 0.256 e. The molecule has 1 aliphatic carbocycles. The van der Waals surface area contributed by atoms with Crippen LogP contribution in [0.15, 0.2) is 6.33 Å². The van der Waals surface area contributed by atoms with Gasteiger partial charge in [-0.3, -0.25) is 0 Å². The molecule has 1 aromatic rings. The molecule has 1 saturated carbocycles. The first-order chi connectivity index (χ1) is 7.44. The highest BCUT2D eigenvalue weighted by Gasteiger charge is 2.64. The van der Waals surface area contributed by atoms with Crippen molar-refractivity contribution in [3.05, 3.63) is 17.8 Å². The van der Waals surface area contributed by atoms with Gasteiger partial charge in [0.15, 0.2) is 0 Å². The van der Waals surface area contributed by atoms with Crippen LogP contribution >= 0.6 is 0 Å². The molecule has 1 N–H and O–H groups in total. The number of anilines is 1. The van der Waals surface area contributed by atoms with Gasteiger partial charge in [0.1, 0.15) is 12.1 Å². The van der Waals surface area contributed by atoms with Crippen molar-refractivity contribution >= 4 is 5.82 Å². The Morgan fingerprint density at radius 2 is 2.06 bits per heavy atom. The van der Waals surface area contributed by atoms with Crippen LogP contribution in [0.2, 0.25) is 0 Å². The Hall–Kier alpha value is -1.33. The second-order valence-electron chi connectivity index (χ2n) is 4.09. The van der Waals surface area contributed by atoms with Crippen molar-refractivity contribution in [3.63, 3.8) is 0 Å². The van der Waals surface area contributed by atoms with E-state index in [1.54, 1.807) is 0 Å². The summed E-state index contributed by atoms with van der Waals surface area (Å²) in [5.74, 6) is -4.26. The summed E-state index contributed by atoms with van der Waals surface area (Å²) in [4.78, 5) is 7.16. The Morgan fingerprint density at radius 3 is 2.62 bits per heavy atom. The van der Waals surface area contributed by atoms with Gasteiger partial charge in [-0.2, -0.15) is 4.39 Å². The van der Waals surface area contributed by atoms with Gasteiger partial charge in [-0.1, -0.05) is 6.92 Å². The Morgan fingerprint density at radius 1 is 1.44 bits per heavy atom. The Kier molecular flexibility index (Phi) is 2.52. The summed E-state index contributed by atoms with van der Waals surface area (Å²) in [6.07, 6.45) is 1.07. The molecule has 0 unspecified atom stereocenters. The summed E-state index contributed by atoms with van der Waals surface area (Å²) in [5, 5.41) is 2.73. The summed E-state index contributed by atoms with van der Waals surface area (Å²) >= 11 is 0. The van der Waals surface area contributed by atoms with Crippen LogP contribution in [0, 0.1) is 24.7 Å². The van der Waals surface area contributed by atoms with Crippen molar-refractivity contribution in [2.45, 2.75) is 19.8 Å². The van der Waals surface area contributed by atoms with Crippen molar-refractivity contribution < 1.29 is 13.2 Å². The summed E-state index contributed by atoms with van der Waals surface area (Å²) in [7, 11) is 0. The van der Waals surface area contributed by atoms with Crippen molar-refractivity contribution in [2.24, 2.45) is 11.8 Å². The van der Waals surface area contributed by atoms with Gasteiger partial charge >= 0.3 is 0 Å². The third-order valence-corrected chi connectivity index (χ3v) is 3.11. The lowest BCUT2D eigenvalue weighted by Gasteiger charge is -2.07. The maximum absolute atomic E-state index is 13.0. The normalized spacial score (nSPS) is 26.6. The number of hydrogen-bond donors (Lipinski definition) is 1. The van der Waals surface area contributed by atoms with Gasteiger partial charge in [-0.25, -0.2) is 18.7 Å². The Labute approximate surface area is 91.1 Å². The Balaban J connectivity index is 1.99. The lowest BCUT2D eigenvalue weighted by Crippen LogP contribution is -2.11. The van der Waals surface area contributed by atoms with Gasteiger partial charge in [0.25, 0.3) is 5.92 Å². The molecule has 2 rings (SSSR count). The van der Waals surface area contributed by atoms with E-state index in [1.807, 2.05) is 0 Å². The largest absolute Gasteiger partial charge is 0.369 e. The van der Waals surface area contributed by atoms with E-state index >= 15 is 0 Å². The predicted molar refractivity (Wildman–Crippen MR) is 52.8 cm³/mol. The monoisotopic (exact) mass is 231 g/mol. The average Bonchev–Trinajstić information content (AvgIpc) is 2.69. The van der Waals surface area contributed by atoms with Crippen molar-refractivity contribution in [1.29, 1.82) is 0 Å². The SMILES string of the molecule is Cc1c(F)ncnc1NC[C@@H]1[C@@H](C)C1(F)F. The zero-order chi connectivity index (χ0) is 11.9. The maximum Gasteiger partial charge on any atom is 0.256 e. The average molecular weight is 231 g/mol. The number of nitrogens with one attached hydrogen (secondary N) is 1.